The van der Waals surface area contributed by atoms with Gasteiger partial charge >= 0.3 is 0 Å². The third-order valence-electron chi connectivity index (χ3n) is 3.66. The molecule has 110 valence electrons. The van der Waals surface area contributed by atoms with Gasteiger partial charge in [-0.2, -0.15) is 0 Å². The molecule has 0 spiro atoms. The van der Waals surface area contributed by atoms with Gasteiger partial charge in [0.25, 0.3) is 0 Å². The number of nitrogens with zero attached hydrogens (tertiary/aromatic N) is 2. The topological polar surface area (TPSA) is 17.3 Å². The van der Waals surface area contributed by atoms with Gasteiger partial charge in [-0.3, -0.25) is 4.99 Å². The lowest BCUT2D eigenvalue weighted by Gasteiger charge is -2.09. The Morgan fingerprint density at radius 1 is 0.955 bits per heavy atom. The lowest BCUT2D eigenvalue weighted by atomic mass is 10.2. The molecule has 3 rings (SSSR count). The maximum absolute atomic E-state index is 4.55. The van der Waals surface area contributed by atoms with Crippen LogP contribution >= 0.6 is 15.9 Å². The van der Waals surface area contributed by atoms with Gasteiger partial charge in [-0.15, -0.1) is 0 Å². The molecule has 0 unspecified atom stereocenters. The fourth-order valence-corrected chi connectivity index (χ4v) is 2.83. The van der Waals surface area contributed by atoms with Gasteiger partial charge in [-0.05, 0) is 56.3 Å². The molecule has 0 N–H and O–H groups in total. The van der Waals surface area contributed by atoms with E-state index in [9.17, 15) is 0 Å². The van der Waals surface area contributed by atoms with Gasteiger partial charge in [-0.1, -0.05) is 34.1 Å². The molecule has 0 atom stereocenters. The van der Waals surface area contributed by atoms with E-state index >= 15 is 0 Å². The highest BCUT2D eigenvalue weighted by Gasteiger charge is 2.09. The van der Waals surface area contributed by atoms with Crippen molar-refractivity contribution in [2.45, 2.75) is 13.8 Å². The summed E-state index contributed by atoms with van der Waals surface area (Å²) in [6.45, 7) is 4.25. The normalized spacial score (nSPS) is 11.2. The number of aromatic nitrogens is 1. The third-order valence-corrected chi connectivity index (χ3v) is 4.19. The minimum absolute atomic E-state index is 0.968. The Labute approximate surface area is 139 Å². The van der Waals surface area contributed by atoms with Crippen molar-refractivity contribution < 1.29 is 0 Å². The van der Waals surface area contributed by atoms with Gasteiger partial charge in [-0.25, -0.2) is 0 Å². The van der Waals surface area contributed by atoms with Crippen molar-refractivity contribution in [3.05, 3.63) is 82.1 Å². The zero-order valence-electron chi connectivity index (χ0n) is 12.6. The second-order valence-corrected chi connectivity index (χ2v) is 6.15. The van der Waals surface area contributed by atoms with Crippen molar-refractivity contribution in [3.63, 3.8) is 0 Å². The first-order chi connectivity index (χ1) is 10.6. The fraction of sp³-hybridized carbons (Fsp3) is 0.105. The predicted molar refractivity (Wildman–Crippen MR) is 96.6 cm³/mol. The van der Waals surface area contributed by atoms with E-state index in [0.717, 1.165) is 21.4 Å². The lowest BCUT2D eigenvalue weighted by molar-refractivity contribution is 0.964. The van der Waals surface area contributed by atoms with Gasteiger partial charge in [0.1, 0.15) is 0 Å². The average molecular weight is 353 g/mol. The molecule has 0 amide bonds. The number of benzene rings is 2. The minimum atomic E-state index is 0.968. The van der Waals surface area contributed by atoms with Crippen LogP contribution in [0.5, 0.6) is 0 Å². The summed E-state index contributed by atoms with van der Waals surface area (Å²) in [5, 5.41) is 0. The summed E-state index contributed by atoms with van der Waals surface area (Å²) in [5.74, 6) is 0. The number of hydrogen-bond donors (Lipinski definition) is 0. The standard InChI is InChI=1S/C19H17BrN2/c1-14-12-16(13-21-18-6-4-3-5-7-18)15(2)22(14)19-10-8-17(20)9-11-19/h3-13H,1-2H3. The third kappa shape index (κ3) is 3.04. The summed E-state index contributed by atoms with van der Waals surface area (Å²) in [7, 11) is 0. The van der Waals surface area contributed by atoms with E-state index in [1.807, 2.05) is 36.5 Å². The molecule has 3 aromatic rings. The molecule has 1 heterocycles. The first-order valence-electron chi connectivity index (χ1n) is 7.19. The molecular weight excluding hydrogens is 336 g/mol. The van der Waals surface area contributed by atoms with Crippen molar-refractivity contribution >= 4 is 27.8 Å². The van der Waals surface area contributed by atoms with E-state index in [4.69, 9.17) is 0 Å². The molecule has 1 aromatic heterocycles. The first-order valence-corrected chi connectivity index (χ1v) is 7.98. The van der Waals surface area contributed by atoms with Crippen molar-refractivity contribution in [2.24, 2.45) is 4.99 Å². The maximum atomic E-state index is 4.55. The van der Waals surface area contributed by atoms with Gasteiger partial charge < -0.3 is 4.57 Å². The summed E-state index contributed by atoms with van der Waals surface area (Å²) in [4.78, 5) is 4.55. The zero-order valence-corrected chi connectivity index (χ0v) is 14.2. The molecular formula is C19H17BrN2. The molecule has 0 bridgehead atoms. The fourth-order valence-electron chi connectivity index (χ4n) is 2.56. The van der Waals surface area contributed by atoms with E-state index in [0.29, 0.717) is 0 Å². The Morgan fingerprint density at radius 2 is 1.64 bits per heavy atom. The van der Waals surface area contributed by atoms with Crippen LogP contribution in [0.4, 0.5) is 5.69 Å². The molecule has 0 saturated carbocycles. The number of hydrogen-bond acceptors (Lipinski definition) is 1. The van der Waals surface area contributed by atoms with Crippen LogP contribution in [-0.2, 0) is 0 Å². The van der Waals surface area contributed by atoms with E-state index in [-0.39, 0.29) is 0 Å². The number of aryl methyl sites for hydroxylation is 1. The molecule has 0 saturated heterocycles. The van der Waals surface area contributed by atoms with E-state index < -0.39 is 0 Å². The Bertz CT molecular complexity index is 799. The molecule has 22 heavy (non-hydrogen) atoms. The van der Waals surface area contributed by atoms with E-state index in [1.165, 1.54) is 11.4 Å². The Balaban J connectivity index is 1.97. The minimum Gasteiger partial charge on any atom is -0.318 e. The smallest absolute Gasteiger partial charge is 0.0629 e. The number of rotatable bonds is 3. The molecule has 0 fully saturated rings. The number of para-hydroxylation sites is 1. The highest BCUT2D eigenvalue weighted by molar-refractivity contribution is 9.10. The zero-order chi connectivity index (χ0) is 15.5. The summed E-state index contributed by atoms with van der Waals surface area (Å²) in [6.07, 6.45) is 1.94. The summed E-state index contributed by atoms with van der Waals surface area (Å²) in [6, 6.07) is 20.5. The average Bonchev–Trinajstić information content (AvgIpc) is 2.82. The van der Waals surface area contributed by atoms with Crippen LogP contribution in [0.25, 0.3) is 5.69 Å². The van der Waals surface area contributed by atoms with Gasteiger partial charge in [0.15, 0.2) is 0 Å². The van der Waals surface area contributed by atoms with E-state index in [2.05, 4.69) is 69.7 Å². The number of aliphatic imine (C=N–C) groups is 1. The molecule has 0 aliphatic carbocycles. The molecule has 2 nitrogen and oxygen atoms in total. The van der Waals surface area contributed by atoms with Crippen molar-refractivity contribution in [1.29, 1.82) is 0 Å². The number of halogens is 1. The van der Waals surface area contributed by atoms with Crippen LogP contribution in [0, 0.1) is 13.8 Å². The Morgan fingerprint density at radius 3 is 2.32 bits per heavy atom. The quantitative estimate of drug-likeness (QED) is 0.545. The summed E-state index contributed by atoms with van der Waals surface area (Å²) < 4.78 is 3.34. The van der Waals surface area contributed by atoms with Crippen LogP contribution in [0.1, 0.15) is 17.0 Å². The second kappa shape index (κ2) is 6.32. The lowest BCUT2D eigenvalue weighted by Crippen LogP contribution is -1.99. The molecule has 0 radical (unpaired) electrons. The van der Waals surface area contributed by atoms with Crippen LogP contribution in [0.15, 0.2) is 70.1 Å². The first kappa shape index (κ1) is 14.8. The van der Waals surface area contributed by atoms with Crippen molar-refractivity contribution in [1.82, 2.24) is 4.57 Å². The van der Waals surface area contributed by atoms with Crippen LogP contribution in [0.3, 0.4) is 0 Å². The second-order valence-electron chi connectivity index (χ2n) is 5.23. The highest BCUT2D eigenvalue weighted by atomic mass is 79.9. The Hall–Kier alpha value is -2.13. The van der Waals surface area contributed by atoms with Crippen molar-refractivity contribution in [2.75, 3.05) is 0 Å². The summed E-state index contributed by atoms with van der Waals surface area (Å²) >= 11 is 3.48. The Kier molecular flexibility index (Phi) is 4.25. The molecule has 2 aromatic carbocycles. The maximum Gasteiger partial charge on any atom is 0.0629 e. The predicted octanol–water partition coefficient (Wildman–Crippen LogP) is 5.61. The van der Waals surface area contributed by atoms with Crippen LogP contribution < -0.4 is 0 Å². The largest absolute Gasteiger partial charge is 0.318 e. The highest BCUT2D eigenvalue weighted by Crippen LogP contribution is 2.22. The van der Waals surface area contributed by atoms with Gasteiger partial charge in [0.2, 0.25) is 0 Å². The monoisotopic (exact) mass is 352 g/mol. The summed E-state index contributed by atoms with van der Waals surface area (Å²) in [5.41, 5.74) is 5.67. The molecule has 0 aliphatic heterocycles. The van der Waals surface area contributed by atoms with Crippen molar-refractivity contribution in [3.8, 4) is 5.69 Å². The van der Waals surface area contributed by atoms with Crippen LogP contribution in [-0.4, -0.2) is 10.8 Å². The SMILES string of the molecule is Cc1cc(C=Nc2ccccc2)c(C)n1-c1ccc(Br)cc1. The van der Waals surface area contributed by atoms with E-state index in [1.54, 1.807) is 0 Å². The molecule has 3 heteroatoms. The van der Waals surface area contributed by atoms with Gasteiger partial charge in [0.05, 0.1) is 5.69 Å². The van der Waals surface area contributed by atoms with Crippen LogP contribution in [0.2, 0.25) is 0 Å². The molecule has 0 aliphatic rings. The van der Waals surface area contributed by atoms with Gasteiger partial charge in [0, 0.05) is 33.3 Å².